The normalized spacial score (nSPS) is 51.7. The maximum atomic E-state index is 10.1. The van der Waals surface area contributed by atoms with Crippen molar-refractivity contribution in [3.8, 4) is 0 Å². The maximum Gasteiger partial charge on any atom is 0.176 e. The zero-order valence-electron chi connectivity index (χ0n) is 12.3. The van der Waals surface area contributed by atoms with E-state index in [-0.39, 0.29) is 0 Å². The number of aliphatic hydroxyl groups excluding tert-OH is 6. The molecular formula is C12H24N2O9. The molecule has 2 aliphatic heterocycles. The minimum Gasteiger partial charge on any atom is -0.394 e. The SMILES string of the molecule is N[C@@H]1[C@H](O[C@H]2[C@@H](O)[C@@H](N)[C@@H](O)O[C@H]2CO)O[C@H](CO)[C@H](O)[C@@H]1O. The van der Waals surface area contributed by atoms with Crippen LogP contribution in [0.5, 0.6) is 0 Å². The van der Waals surface area contributed by atoms with Gasteiger partial charge in [-0.05, 0) is 0 Å². The zero-order valence-corrected chi connectivity index (χ0v) is 12.3. The van der Waals surface area contributed by atoms with Gasteiger partial charge in [0.25, 0.3) is 0 Å². The van der Waals surface area contributed by atoms with Crippen molar-refractivity contribution < 1.29 is 44.8 Å². The second kappa shape index (κ2) is 7.63. The molecule has 0 aromatic rings. The van der Waals surface area contributed by atoms with Crippen molar-refractivity contribution in [1.29, 1.82) is 0 Å². The number of aliphatic hydroxyl groups is 6. The summed E-state index contributed by atoms with van der Waals surface area (Å²) >= 11 is 0. The van der Waals surface area contributed by atoms with E-state index in [2.05, 4.69) is 0 Å². The Labute approximate surface area is 132 Å². The highest BCUT2D eigenvalue weighted by Crippen LogP contribution is 2.27. The van der Waals surface area contributed by atoms with Crippen LogP contribution < -0.4 is 11.5 Å². The van der Waals surface area contributed by atoms with Crippen molar-refractivity contribution in [2.75, 3.05) is 13.2 Å². The Bertz CT molecular complexity index is 386. The monoisotopic (exact) mass is 340 g/mol. The summed E-state index contributed by atoms with van der Waals surface area (Å²) in [6.07, 6.45) is -10.5. The molecule has 2 heterocycles. The van der Waals surface area contributed by atoms with E-state index in [0.717, 1.165) is 0 Å². The summed E-state index contributed by atoms with van der Waals surface area (Å²) in [5, 5.41) is 57.7. The molecule has 0 aromatic carbocycles. The predicted molar refractivity (Wildman–Crippen MR) is 72.6 cm³/mol. The number of rotatable bonds is 4. The average Bonchev–Trinajstić information content (AvgIpc) is 2.55. The third-order valence-corrected chi connectivity index (χ3v) is 4.14. The highest BCUT2D eigenvalue weighted by atomic mass is 16.7. The molecule has 0 aromatic heterocycles. The highest BCUT2D eigenvalue weighted by Gasteiger charge is 2.49. The van der Waals surface area contributed by atoms with Gasteiger partial charge >= 0.3 is 0 Å². The first-order chi connectivity index (χ1) is 10.8. The fraction of sp³-hybridized carbons (Fsp3) is 1.00. The molecule has 23 heavy (non-hydrogen) atoms. The van der Waals surface area contributed by atoms with Gasteiger partial charge in [0.1, 0.15) is 36.6 Å². The standard InChI is InChI=1S/C12H24N2O9/c13-5-9(19)10(4(2-16)21-11(5)20)23-12-6(14)8(18)7(17)3(1-15)22-12/h3-12,15-20H,1-2,13-14H2/t3-,4+,5-,6+,7+,8-,9+,10-,11+,12+/m1/s1. The molecule has 2 aliphatic rings. The second-order valence-electron chi connectivity index (χ2n) is 5.70. The third-order valence-electron chi connectivity index (χ3n) is 4.14. The molecule has 10 atom stereocenters. The van der Waals surface area contributed by atoms with Crippen molar-refractivity contribution >= 4 is 0 Å². The van der Waals surface area contributed by atoms with Crippen LogP contribution in [0.25, 0.3) is 0 Å². The molecule has 0 radical (unpaired) electrons. The van der Waals surface area contributed by atoms with Crippen molar-refractivity contribution in [2.45, 2.75) is 61.3 Å². The Balaban J connectivity index is 2.11. The van der Waals surface area contributed by atoms with Crippen LogP contribution in [0.2, 0.25) is 0 Å². The zero-order chi connectivity index (χ0) is 17.3. The quantitative estimate of drug-likeness (QED) is 0.242. The Morgan fingerprint density at radius 3 is 1.96 bits per heavy atom. The van der Waals surface area contributed by atoms with Crippen molar-refractivity contribution in [1.82, 2.24) is 0 Å². The summed E-state index contributed by atoms with van der Waals surface area (Å²) in [6.45, 7) is -1.17. The Kier molecular flexibility index (Phi) is 6.27. The molecule has 0 saturated carbocycles. The molecule has 11 heteroatoms. The van der Waals surface area contributed by atoms with E-state index >= 15 is 0 Å². The lowest BCUT2D eigenvalue weighted by atomic mass is 9.95. The highest BCUT2D eigenvalue weighted by molar-refractivity contribution is 4.95. The largest absolute Gasteiger partial charge is 0.394 e. The van der Waals surface area contributed by atoms with Crippen LogP contribution in [0.15, 0.2) is 0 Å². The van der Waals surface area contributed by atoms with Gasteiger partial charge in [-0.1, -0.05) is 0 Å². The van der Waals surface area contributed by atoms with Gasteiger partial charge in [0.2, 0.25) is 0 Å². The molecule has 0 unspecified atom stereocenters. The van der Waals surface area contributed by atoms with Gasteiger partial charge in [0.15, 0.2) is 12.6 Å². The first-order valence-corrected chi connectivity index (χ1v) is 7.23. The summed E-state index contributed by atoms with van der Waals surface area (Å²) in [5.41, 5.74) is 11.3. The smallest absolute Gasteiger partial charge is 0.176 e. The molecular weight excluding hydrogens is 316 g/mol. The lowest BCUT2D eigenvalue weighted by Crippen LogP contribution is -2.67. The molecule has 0 bridgehead atoms. The number of hydrogen-bond donors (Lipinski definition) is 8. The van der Waals surface area contributed by atoms with Crippen LogP contribution in [0, 0.1) is 0 Å². The first-order valence-electron chi connectivity index (χ1n) is 7.23. The van der Waals surface area contributed by atoms with Crippen molar-refractivity contribution in [3.05, 3.63) is 0 Å². The summed E-state index contributed by atoms with van der Waals surface area (Å²) < 4.78 is 15.8. The van der Waals surface area contributed by atoms with Gasteiger partial charge in [0.05, 0.1) is 25.3 Å². The average molecular weight is 340 g/mol. The first kappa shape index (κ1) is 18.9. The van der Waals surface area contributed by atoms with E-state index < -0.39 is 74.5 Å². The van der Waals surface area contributed by atoms with Crippen LogP contribution in [-0.4, -0.2) is 105 Å². The molecule has 11 nitrogen and oxygen atoms in total. The molecule has 2 fully saturated rings. The number of hydrogen-bond acceptors (Lipinski definition) is 11. The van der Waals surface area contributed by atoms with Crippen LogP contribution in [0.3, 0.4) is 0 Å². The van der Waals surface area contributed by atoms with Crippen molar-refractivity contribution in [2.24, 2.45) is 11.5 Å². The van der Waals surface area contributed by atoms with Crippen LogP contribution >= 0.6 is 0 Å². The fourth-order valence-corrected chi connectivity index (χ4v) is 2.65. The summed E-state index contributed by atoms with van der Waals surface area (Å²) in [6, 6.07) is -2.37. The Morgan fingerprint density at radius 2 is 1.39 bits per heavy atom. The molecule has 2 rings (SSSR count). The molecule has 2 saturated heterocycles. The van der Waals surface area contributed by atoms with E-state index in [0.29, 0.717) is 0 Å². The van der Waals surface area contributed by atoms with Gasteiger partial charge in [-0.2, -0.15) is 0 Å². The van der Waals surface area contributed by atoms with Gasteiger partial charge in [-0.3, -0.25) is 0 Å². The molecule has 0 spiro atoms. The number of ether oxygens (including phenoxy) is 3. The van der Waals surface area contributed by atoms with Gasteiger partial charge in [-0.15, -0.1) is 0 Å². The van der Waals surface area contributed by atoms with Gasteiger partial charge in [0, 0.05) is 0 Å². The lowest BCUT2D eigenvalue weighted by Gasteiger charge is -2.45. The lowest BCUT2D eigenvalue weighted by molar-refractivity contribution is -0.324. The van der Waals surface area contributed by atoms with E-state index in [1.54, 1.807) is 0 Å². The number of nitrogens with two attached hydrogens (primary N) is 2. The molecule has 0 amide bonds. The summed E-state index contributed by atoms with van der Waals surface area (Å²) in [4.78, 5) is 0. The maximum absolute atomic E-state index is 10.1. The topological polar surface area (TPSA) is 201 Å². The van der Waals surface area contributed by atoms with E-state index in [4.69, 9.17) is 30.8 Å². The third kappa shape index (κ3) is 3.65. The minimum atomic E-state index is -1.49. The molecule has 136 valence electrons. The second-order valence-corrected chi connectivity index (χ2v) is 5.70. The van der Waals surface area contributed by atoms with Crippen LogP contribution in [0.4, 0.5) is 0 Å². The Morgan fingerprint density at radius 1 is 0.783 bits per heavy atom. The fourth-order valence-electron chi connectivity index (χ4n) is 2.65. The molecule has 0 aliphatic carbocycles. The minimum absolute atomic E-state index is 0.581. The van der Waals surface area contributed by atoms with Crippen LogP contribution in [0.1, 0.15) is 0 Å². The van der Waals surface area contributed by atoms with Crippen LogP contribution in [-0.2, 0) is 14.2 Å². The molecule has 10 N–H and O–H groups in total. The Hall–Kier alpha value is -0.440. The van der Waals surface area contributed by atoms with E-state index in [9.17, 15) is 25.5 Å². The summed E-state index contributed by atoms with van der Waals surface area (Å²) in [5.74, 6) is 0. The van der Waals surface area contributed by atoms with E-state index in [1.165, 1.54) is 0 Å². The van der Waals surface area contributed by atoms with Gasteiger partial charge in [-0.25, -0.2) is 0 Å². The predicted octanol–water partition coefficient (Wildman–Crippen LogP) is -5.46. The van der Waals surface area contributed by atoms with E-state index in [1.807, 2.05) is 0 Å². The van der Waals surface area contributed by atoms with Gasteiger partial charge < -0.3 is 56.3 Å². The summed E-state index contributed by atoms with van der Waals surface area (Å²) in [7, 11) is 0. The van der Waals surface area contributed by atoms with Crippen molar-refractivity contribution in [3.63, 3.8) is 0 Å².